The molecule has 8 nitrogen and oxygen atoms in total. The van der Waals surface area contributed by atoms with Gasteiger partial charge in [-0.2, -0.15) is 5.26 Å². The number of nitrogens with zero attached hydrogens (tertiary/aromatic N) is 3. The first kappa shape index (κ1) is 18.8. The van der Waals surface area contributed by atoms with Crippen LogP contribution in [0.2, 0.25) is 0 Å². The molecule has 0 aliphatic carbocycles. The number of hydrogen-bond acceptors (Lipinski definition) is 6. The molecule has 2 aromatic carbocycles. The van der Waals surface area contributed by atoms with Crippen molar-refractivity contribution in [2.45, 2.75) is 6.54 Å². The van der Waals surface area contributed by atoms with E-state index in [0.29, 0.717) is 16.5 Å². The summed E-state index contributed by atoms with van der Waals surface area (Å²) in [5.74, 6) is -2.41. The highest BCUT2D eigenvalue weighted by Crippen LogP contribution is 2.34. The highest BCUT2D eigenvalue weighted by molar-refractivity contribution is 6.25. The van der Waals surface area contributed by atoms with Crippen LogP contribution < -0.4 is 0 Å². The van der Waals surface area contributed by atoms with E-state index in [1.54, 1.807) is 30.3 Å². The zero-order valence-corrected chi connectivity index (χ0v) is 15.4. The third-order valence-corrected chi connectivity index (χ3v) is 4.80. The van der Waals surface area contributed by atoms with Crippen LogP contribution in [0.25, 0.3) is 17.0 Å². The maximum atomic E-state index is 12.9. The molecule has 0 saturated carbocycles. The van der Waals surface area contributed by atoms with Gasteiger partial charge in [-0.3, -0.25) is 19.5 Å². The summed E-state index contributed by atoms with van der Waals surface area (Å²) in [5, 5.41) is 28.1. The number of aromatic nitrogens is 1. The third kappa shape index (κ3) is 3.04. The number of imide groups is 1. The number of aromatic hydroxyl groups is 1. The van der Waals surface area contributed by atoms with Crippen molar-refractivity contribution in [1.29, 1.82) is 5.26 Å². The zero-order valence-electron chi connectivity index (χ0n) is 15.4. The van der Waals surface area contributed by atoms with Crippen molar-refractivity contribution in [3.8, 4) is 11.8 Å². The van der Waals surface area contributed by atoms with Crippen molar-refractivity contribution in [3.63, 3.8) is 0 Å². The number of hydrogen-bond donors (Lipinski definition) is 2. The third-order valence-electron chi connectivity index (χ3n) is 4.80. The molecule has 1 aromatic heterocycles. The molecule has 0 bridgehead atoms. The SMILES string of the molecule is N#CC(=Cc1ccc(CN2C(=O)c3ccnc4c(O)ccc(c34)C2=O)cc1)C(=O)O. The molecule has 0 saturated heterocycles. The van der Waals surface area contributed by atoms with Crippen molar-refractivity contribution in [1.82, 2.24) is 9.88 Å². The fourth-order valence-electron chi connectivity index (χ4n) is 3.35. The van der Waals surface area contributed by atoms with E-state index in [2.05, 4.69) is 4.98 Å². The Morgan fingerprint density at radius 1 is 1.07 bits per heavy atom. The van der Waals surface area contributed by atoms with Crippen molar-refractivity contribution < 1.29 is 24.6 Å². The molecule has 0 radical (unpaired) electrons. The molecule has 146 valence electrons. The lowest BCUT2D eigenvalue weighted by Gasteiger charge is -2.27. The lowest BCUT2D eigenvalue weighted by Crippen LogP contribution is -2.39. The molecule has 3 aromatic rings. The van der Waals surface area contributed by atoms with Gasteiger partial charge < -0.3 is 10.2 Å². The van der Waals surface area contributed by atoms with Gasteiger partial charge in [-0.1, -0.05) is 24.3 Å². The number of carboxylic acid groups (broad SMARTS) is 1. The smallest absolute Gasteiger partial charge is 0.346 e. The Kier molecular flexibility index (Phi) is 4.49. The maximum absolute atomic E-state index is 12.9. The molecule has 0 spiro atoms. The largest absolute Gasteiger partial charge is 0.506 e. The number of carboxylic acids is 1. The molecule has 4 rings (SSSR count). The Morgan fingerprint density at radius 2 is 1.73 bits per heavy atom. The quantitative estimate of drug-likeness (QED) is 0.392. The van der Waals surface area contributed by atoms with E-state index >= 15 is 0 Å². The van der Waals surface area contributed by atoms with E-state index in [1.165, 1.54) is 30.5 Å². The number of benzene rings is 2. The number of carbonyl (C=O) groups excluding carboxylic acids is 2. The summed E-state index contributed by atoms with van der Waals surface area (Å²) in [6, 6.07) is 12.5. The van der Waals surface area contributed by atoms with Crippen LogP contribution >= 0.6 is 0 Å². The van der Waals surface area contributed by atoms with Gasteiger partial charge in [0.15, 0.2) is 0 Å². The lowest BCUT2D eigenvalue weighted by molar-refractivity contribution is -0.132. The highest BCUT2D eigenvalue weighted by atomic mass is 16.4. The number of rotatable bonds is 4. The summed E-state index contributed by atoms with van der Waals surface area (Å²) >= 11 is 0. The summed E-state index contributed by atoms with van der Waals surface area (Å²) in [4.78, 5) is 42.0. The topological polar surface area (TPSA) is 132 Å². The van der Waals surface area contributed by atoms with Crippen LogP contribution in [-0.2, 0) is 11.3 Å². The summed E-state index contributed by atoms with van der Waals surface area (Å²) in [6.07, 6.45) is 2.64. The Hall–Kier alpha value is -4.51. The molecule has 1 aliphatic heterocycles. The number of phenolic OH excluding ortho intramolecular Hbond substituents is 1. The normalized spacial score (nSPS) is 13.4. The van der Waals surface area contributed by atoms with E-state index in [1.807, 2.05) is 0 Å². The second kappa shape index (κ2) is 7.14. The van der Waals surface area contributed by atoms with Gasteiger partial charge in [0.25, 0.3) is 11.8 Å². The molecule has 0 atom stereocenters. The van der Waals surface area contributed by atoms with Gasteiger partial charge in [0.05, 0.1) is 17.7 Å². The summed E-state index contributed by atoms with van der Waals surface area (Å²) in [7, 11) is 0. The van der Waals surface area contributed by atoms with E-state index < -0.39 is 23.4 Å². The van der Waals surface area contributed by atoms with E-state index in [0.717, 1.165) is 4.90 Å². The first-order valence-corrected chi connectivity index (χ1v) is 8.81. The minimum absolute atomic E-state index is 0.00975. The number of carbonyl (C=O) groups is 3. The Morgan fingerprint density at radius 3 is 2.37 bits per heavy atom. The molecule has 2 amide bonds. The monoisotopic (exact) mass is 399 g/mol. The summed E-state index contributed by atoms with van der Waals surface area (Å²) < 4.78 is 0. The second-order valence-corrected chi connectivity index (χ2v) is 6.63. The zero-order chi connectivity index (χ0) is 21.4. The van der Waals surface area contributed by atoms with Crippen molar-refractivity contribution in [2.24, 2.45) is 0 Å². The average molecular weight is 399 g/mol. The summed E-state index contributed by atoms with van der Waals surface area (Å²) in [5.41, 5.74) is 1.52. The molecule has 0 unspecified atom stereocenters. The number of phenols is 1. The van der Waals surface area contributed by atoms with Crippen LogP contribution in [0.15, 0.2) is 54.2 Å². The molecule has 8 heteroatoms. The highest BCUT2D eigenvalue weighted by Gasteiger charge is 2.33. The first-order valence-electron chi connectivity index (χ1n) is 8.81. The standard InChI is InChI=1S/C22H13N3O5/c23-10-14(22(29)30)9-12-1-3-13(4-2-12)11-25-20(27)15-5-6-17(26)19-18(15)16(21(25)28)7-8-24-19/h1-9,26H,11H2,(H,29,30). The lowest BCUT2D eigenvalue weighted by atomic mass is 9.96. The van der Waals surface area contributed by atoms with Gasteiger partial charge in [-0.25, -0.2) is 4.79 Å². The van der Waals surface area contributed by atoms with Crippen LogP contribution in [0.4, 0.5) is 0 Å². The molecular formula is C22H13N3O5. The number of amides is 2. The molecule has 2 N–H and O–H groups in total. The Labute approximate surface area is 169 Å². The molecule has 0 fully saturated rings. The summed E-state index contributed by atoms with van der Waals surface area (Å²) in [6.45, 7) is 0.00975. The minimum Gasteiger partial charge on any atom is -0.506 e. The second-order valence-electron chi connectivity index (χ2n) is 6.63. The molecule has 30 heavy (non-hydrogen) atoms. The van der Waals surface area contributed by atoms with E-state index in [4.69, 9.17) is 10.4 Å². The van der Waals surface area contributed by atoms with Gasteiger partial charge in [0.1, 0.15) is 22.9 Å². The van der Waals surface area contributed by atoms with Gasteiger partial charge in [-0.15, -0.1) is 0 Å². The predicted molar refractivity (Wildman–Crippen MR) is 105 cm³/mol. The average Bonchev–Trinajstić information content (AvgIpc) is 2.75. The fraction of sp³-hybridized carbons (Fsp3) is 0.0455. The van der Waals surface area contributed by atoms with Crippen LogP contribution in [-0.4, -0.2) is 37.9 Å². The van der Waals surface area contributed by atoms with Gasteiger partial charge in [0.2, 0.25) is 0 Å². The van der Waals surface area contributed by atoms with E-state index in [9.17, 15) is 19.5 Å². The van der Waals surface area contributed by atoms with Crippen molar-refractivity contribution in [2.75, 3.05) is 0 Å². The van der Waals surface area contributed by atoms with Crippen molar-refractivity contribution >= 4 is 34.8 Å². The number of nitriles is 1. The van der Waals surface area contributed by atoms with Crippen LogP contribution in [0, 0.1) is 11.3 Å². The maximum Gasteiger partial charge on any atom is 0.346 e. The van der Waals surface area contributed by atoms with Gasteiger partial charge >= 0.3 is 5.97 Å². The van der Waals surface area contributed by atoms with Gasteiger partial charge in [0, 0.05) is 11.6 Å². The molecular weight excluding hydrogens is 386 g/mol. The van der Waals surface area contributed by atoms with Crippen LogP contribution in [0.3, 0.4) is 0 Å². The predicted octanol–water partition coefficient (Wildman–Crippen LogP) is 2.73. The minimum atomic E-state index is -1.32. The number of pyridine rings is 1. The first-order chi connectivity index (χ1) is 14.4. The molecule has 2 heterocycles. The Balaban J connectivity index is 1.66. The van der Waals surface area contributed by atoms with Crippen molar-refractivity contribution in [3.05, 3.63) is 76.5 Å². The fourth-order valence-corrected chi connectivity index (χ4v) is 3.35. The number of aliphatic carboxylic acids is 1. The molecule has 1 aliphatic rings. The van der Waals surface area contributed by atoms with Crippen LogP contribution in [0.5, 0.6) is 5.75 Å². The Bertz CT molecular complexity index is 1280. The van der Waals surface area contributed by atoms with E-state index in [-0.39, 0.29) is 28.9 Å². The van der Waals surface area contributed by atoms with Crippen LogP contribution in [0.1, 0.15) is 31.8 Å². The van der Waals surface area contributed by atoms with Gasteiger partial charge in [-0.05, 0) is 35.4 Å².